The molecule has 27 heavy (non-hydrogen) atoms. The van der Waals surface area contributed by atoms with Gasteiger partial charge in [0.1, 0.15) is 6.54 Å². The number of amides is 3. The Kier molecular flexibility index (Phi) is 5.14. The van der Waals surface area contributed by atoms with Crippen LogP contribution in [0.2, 0.25) is 5.02 Å². The van der Waals surface area contributed by atoms with Crippen LogP contribution in [0, 0.1) is 0 Å². The second-order valence-electron chi connectivity index (χ2n) is 7.11. The Bertz CT molecular complexity index is 817. The van der Waals surface area contributed by atoms with Gasteiger partial charge in [-0.3, -0.25) is 9.69 Å². The summed E-state index contributed by atoms with van der Waals surface area (Å²) in [6.07, 6.45) is 1.77. The van der Waals surface area contributed by atoms with Gasteiger partial charge in [-0.1, -0.05) is 41.9 Å². The molecule has 0 bridgehead atoms. The predicted octanol–water partition coefficient (Wildman–Crippen LogP) is 3.77. The van der Waals surface area contributed by atoms with Crippen LogP contribution in [-0.4, -0.2) is 47.4 Å². The predicted molar refractivity (Wildman–Crippen MR) is 106 cm³/mol. The Labute approximate surface area is 164 Å². The molecule has 0 atom stereocenters. The van der Waals surface area contributed by atoms with E-state index in [-0.39, 0.29) is 24.5 Å². The van der Waals surface area contributed by atoms with E-state index in [1.165, 1.54) is 10.5 Å². The molecule has 0 saturated carbocycles. The van der Waals surface area contributed by atoms with Crippen molar-refractivity contribution in [3.63, 3.8) is 0 Å². The fourth-order valence-corrected chi connectivity index (χ4v) is 4.00. The van der Waals surface area contributed by atoms with Gasteiger partial charge in [0.05, 0.1) is 5.69 Å². The largest absolute Gasteiger partial charge is 0.332 e. The minimum Gasteiger partial charge on any atom is -0.312 e. The number of hydrogen-bond donors (Lipinski definition) is 0. The molecule has 2 aromatic carbocycles. The third-order valence-electron chi connectivity index (χ3n) is 5.32. The molecule has 0 aromatic heterocycles. The maximum atomic E-state index is 12.8. The number of para-hydroxylation sites is 1. The smallest absolute Gasteiger partial charge is 0.312 e. The van der Waals surface area contributed by atoms with Crippen LogP contribution in [0.5, 0.6) is 0 Å². The lowest BCUT2D eigenvalue weighted by molar-refractivity contribution is -0.116. The second kappa shape index (κ2) is 7.71. The number of urea groups is 1. The maximum Gasteiger partial charge on any atom is 0.332 e. The van der Waals surface area contributed by atoms with Gasteiger partial charge in [0.25, 0.3) is 5.91 Å². The van der Waals surface area contributed by atoms with Crippen molar-refractivity contribution >= 4 is 29.2 Å². The van der Waals surface area contributed by atoms with Crippen LogP contribution in [0.25, 0.3) is 0 Å². The Balaban J connectivity index is 1.36. The van der Waals surface area contributed by atoms with E-state index in [1.807, 2.05) is 30.3 Å². The molecule has 140 valence electrons. The first kappa shape index (κ1) is 18.0. The van der Waals surface area contributed by atoms with Gasteiger partial charge in [-0.15, -0.1) is 0 Å². The van der Waals surface area contributed by atoms with Crippen LogP contribution in [0.3, 0.4) is 0 Å². The fourth-order valence-electron chi connectivity index (χ4n) is 3.87. The van der Waals surface area contributed by atoms with Crippen LogP contribution < -0.4 is 4.90 Å². The highest BCUT2D eigenvalue weighted by Crippen LogP contribution is 2.26. The Morgan fingerprint density at radius 1 is 0.926 bits per heavy atom. The molecule has 0 aliphatic carbocycles. The highest BCUT2D eigenvalue weighted by molar-refractivity contribution is 6.30. The van der Waals surface area contributed by atoms with E-state index in [9.17, 15) is 9.59 Å². The van der Waals surface area contributed by atoms with Crippen molar-refractivity contribution in [1.29, 1.82) is 0 Å². The molecule has 2 fully saturated rings. The van der Waals surface area contributed by atoms with Crippen LogP contribution in [0.1, 0.15) is 18.4 Å². The minimum absolute atomic E-state index is 0.122. The highest BCUT2D eigenvalue weighted by atomic mass is 35.5. The zero-order valence-corrected chi connectivity index (χ0v) is 15.8. The summed E-state index contributed by atoms with van der Waals surface area (Å²) in [5.41, 5.74) is 1.88. The van der Waals surface area contributed by atoms with E-state index in [4.69, 9.17) is 11.6 Å². The molecule has 0 N–H and O–H groups in total. The lowest BCUT2D eigenvalue weighted by Gasteiger charge is -2.36. The number of nitrogens with zero attached hydrogens (tertiary/aromatic N) is 3. The monoisotopic (exact) mass is 383 g/mol. The summed E-state index contributed by atoms with van der Waals surface area (Å²) in [5.74, 6) is -0.144. The summed E-state index contributed by atoms with van der Waals surface area (Å²) in [7, 11) is 0. The zero-order valence-electron chi connectivity index (χ0n) is 15.1. The van der Waals surface area contributed by atoms with E-state index < -0.39 is 0 Å². The number of anilines is 1. The molecule has 2 aliphatic heterocycles. The van der Waals surface area contributed by atoms with Crippen molar-refractivity contribution in [3.05, 3.63) is 65.2 Å². The highest BCUT2D eigenvalue weighted by Gasteiger charge is 2.41. The van der Waals surface area contributed by atoms with Crippen LogP contribution in [0.15, 0.2) is 54.6 Å². The van der Waals surface area contributed by atoms with Gasteiger partial charge in [-0.2, -0.15) is 0 Å². The summed E-state index contributed by atoms with van der Waals surface area (Å²) < 4.78 is 0. The molecule has 2 heterocycles. The zero-order chi connectivity index (χ0) is 18.8. The third kappa shape index (κ3) is 3.84. The molecule has 2 aromatic rings. The normalized spacial score (nSPS) is 19.1. The molecule has 6 heteroatoms. The SMILES string of the molecule is O=C1CN(C2CCN(Cc3ccc(Cl)cc3)CC2)C(=O)N1c1ccccc1. The summed E-state index contributed by atoms with van der Waals surface area (Å²) in [4.78, 5) is 30.7. The first-order valence-electron chi connectivity index (χ1n) is 9.27. The van der Waals surface area contributed by atoms with Gasteiger partial charge in [0, 0.05) is 30.7 Å². The first-order chi connectivity index (χ1) is 13.1. The van der Waals surface area contributed by atoms with Crippen LogP contribution >= 0.6 is 11.6 Å². The molecule has 0 spiro atoms. The number of hydrogen-bond acceptors (Lipinski definition) is 3. The average molecular weight is 384 g/mol. The van der Waals surface area contributed by atoms with Gasteiger partial charge >= 0.3 is 6.03 Å². The van der Waals surface area contributed by atoms with E-state index in [1.54, 1.807) is 17.0 Å². The fraction of sp³-hybridized carbons (Fsp3) is 0.333. The molecule has 0 radical (unpaired) electrons. The molecule has 2 saturated heterocycles. The van der Waals surface area contributed by atoms with Gasteiger partial charge in [0.2, 0.25) is 0 Å². The van der Waals surface area contributed by atoms with Gasteiger partial charge in [0.15, 0.2) is 0 Å². The second-order valence-corrected chi connectivity index (χ2v) is 7.55. The molecule has 4 rings (SSSR count). The van der Waals surface area contributed by atoms with Gasteiger partial charge in [-0.05, 0) is 42.7 Å². The molecule has 3 amide bonds. The number of carbonyl (C=O) groups is 2. The average Bonchev–Trinajstić information content (AvgIpc) is 2.99. The number of carbonyl (C=O) groups excluding carboxylic acids is 2. The number of benzene rings is 2. The molecule has 5 nitrogen and oxygen atoms in total. The topological polar surface area (TPSA) is 43.9 Å². The molecular formula is C21H22ClN3O2. The lowest BCUT2D eigenvalue weighted by Crippen LogP contribution is -2.46. The summed E-state index contributed by atoms with van der Waals surface area (Å²) in [6.45, 7) is 2.88. The first-order valence-corrected chi connectivity index (χ1v) is 9.65. The van der Waals surface area contributed by atoms with Crippen LogP contribution in [0.4, 0.5) is 10.5 Å². The van der Waals surface area contributed by atoms with E-state index in [2.05, 4.69) is 17.0 Å². The van der Waals surface area contributed by atoms with Crippen molar-refractivity contribution in [2.75, 3.05) is 24.5 Å². The number of likely N-dealkylation sites (tertiary alicyclic amines) is 1. The Hall–Kier alpha value is -2.37. The lowest BCUT2D eigenvalue weighted by atomic mass is 10.0. The van der Waals surface area contributed by atoms with Crippen molar-refractivity contribution in [3.8, 4) is 0 Å². The molecular weight excluding hydrogens is 362 g/mol. The minimum atomic E-state index is -0.192. The van der Waals surface area contributed by atoms with Crippen LogP contribution in [-0.2, 0) is 11.3 Å². The number of piperidine rings is 1. The number of halogens is 1. The molecule has 0 unspecified atom stereocenters. The van der Waals surface area contributed by atoms with Crippen molar-refractivity contribution in [2.45, 2.75) is 25.4 Å². The van der Waals surface area contributed by atoms with E-state index in [0.29, 0.717) is 5.69 Å². The Morgan fingerprint density at radius 2 is 1.59 bits per heavy atom. The standard InChI is InChI=1S/C21H22ClN3O2/c22-17-8-6-16(7-9-17)14-23-12-10-18(11-13-23)24-15-20(26)25(21(24)27)19-4-2-1-3-5-19/h1-9,18H,10-15H2. The van der Waals surface area contributed by atoms with Crippen molar-refractivity contribution in [1.82, 2.24) is 9.80 Å². The maximum absolute atomic E-state index is 12.8. The van der Waals surface area contributed by atoms with Crippen molar-refractivity contribution < 1.29 is 9.59 Å². The van der Waals surface area contributed by atoms with E-state index in [0.717, 1.165) is 37.5 Å². The Morgan fingerprint density at radius 3 is 2.26 bits per heavy atom. The van der Waals surface area contributed by atoms with Gasteiger partial charge in [-0.25, -0.2) is 9.69 Å². The van der Waals surface area contributed by atoms with Crippen molar-refractivity contribution in [2.24, 2.45) is 0 Å². The number of rotatable bonds is 4. The third-order valence-corrected chi connectivity index (χ3v) is 5.58. The van der Waals surface area contributed by atoms with Gasteiger partial charge < -0.3 is 4.90 Å². The number of imide groups is 1. The molecule has 2 aliphatic rings. The summed E-state index contributed by atoms with van der Waals surface area (Å²) >= 11 is 5.95. The summed E-state index contributed by atoms with van der Waals surface area (Å²) in [5, 5.41) is 0.748. The quantitative estimate of drug-likeness (QED) is 0.755. The summed E-state index contributed by atoms with van der Waals surface area (Å²) in [6, 6.07) is 17.0. The van der Waals surface area contributed by atoms with E-state index >= 15 is 0 Å².